The van der Waals surface area contributed by atoms with Crippen LogP contribution in [-0.4, -0.2) is 19.5 Å². The van der Waals surface area contributed by atoms with E-state index in [1.807, 2.05) is 24.3 Å². The molecule has 7 aromatic rings. The van der Waals surface area contributed by atoms with Crippen molar-refractivity contribution in [1.82, 2.24) is 19.5 Å². The molecule has 0 radical (unpaired) electrons. The summed E-state index contributed by atoms with van der Waals surface area (Å²) in [5.74, 6) is 1.07. The molecule has 4 aromatic carbocycles. The lowest BCUT2D eigenvalue weighted by Crippen LogP contribution is -2.04. The number of halogens is 1. The maximum atomic E-state index is 6.43. The van der Waals surface area contributed by atoms with Crippen molar-refractivity contribution in [2.75, 3.05) is 0 Å². The second-order valence-electron chi connectivity index (χ2n) is 7.91. The predicted molar refractivity (Wildman–Crippen MR) is 138 cm³/mol. The van der Waals surface area contributed by atoms with Crippen LogP contribution in [0.25, 0.3) is 59.3 Å². The van der Waals surface area contributed by atoms with Crippen molar-refractivity contribution in [3.63, 3.8) is 0 Å². The van der Waals surface area contributed by atoms with E-state index in [0.29, 0.717) is 11.8 Å². The summed E-state index contributed by atoms with van der Waals surface area (Å²) in [5, 5.41) is 4.98. The van der Waals surface area contributed by atoms with E-state index in [2.05, 4.69) is 81.3 Å². The first-order valence-corrected chi connectivity index (χ1v) is 11.8. The van der Waals surface area contributed by atoms with Gasteiger partial charge in [0.25, 0.3) is 0 Å². The molecule has 33 heavy (non-hydrogen) atoms. The van der Waals surface area contributed by atoms with E-state index in [1.54, 1.807) is 11.3 Å². The molecule has 0 atom stereocenters. The molecule has 156 valence electrons. The first-order valence-electron chi connectivity index (χ1n) is 10.6. The number of fused-ring (bicyclic) bond motifs is 6. The Morgan fingerprint density at radius 3 is 2.00 bits per heavy atom. The molecule has 0 aliphatic rings. The Hall–Kier alpha value is -3.80. The zero-order valence-corrected chi connectivity index (χ0v) is 18.8. The molecule has 7 rings (SSSR count). The molecule has 6 heteroatoms. The summed E-state index contributed by atoms with van der Waals surface area (Å²) in [7, 11) is 0. The molecule has 0 amide bonds. The molecule has 0 fully saturated rings. The first-order chi connectivity index (χ1) is 16.3. The van der Waals surface area contributed by atoms with Crippen molar-refractivity contribution in [1.29, 1.82) is 0 Å². The third kappa shape index (κ3) is 2.86. The van der Waals surface area contributed by atoms with Gasteiger partial charge in [-0.3, -0.25) is 4.57 Å². The van der Waals surface area contributed by atoms with Crippen molar-refractivity contribution in [3.05, 3.63) is 96.3 Å². The highest BCUT2D eigenvalue weighted by molar-refractivity contribution is 7.25. The monoisotopic (exact) mass is 462 g/mol. The van der Waals surface area contributed by atoms with Crippen LogP contribution in [0.4, 0.5) is 0 Å². The SMILES string of the molecule is Clc1nc(-c2ccc3c(c2)sc2ccccc23)nc(-n2c3ccccc3c3ccccc32)n1. The summed E-state index contributed by atoms with van der Waals surface area (Å²) in [6.07, 6.45) is 0. The molecule has 0 saturated carbocycles. The third-order valence-corrected chi connectivity index (χ3v) is 7.32. The van der Waals surface area contributed by atoms with Gasteiger partial charge in [0.15, 0.2) is 5.82 Å². The fraction of sp³-hybridized carbons (Fsp3) is 0. The van der Waals surface area contributed by atoms with Crippen molar-refractivity contribution in [2.24, 2.45) is 0 Å². The van der Waals surface area contributed by atoms with Crippen molar-refractivity contribution in [3.8, 4) is 17.3 Å². The van der Waals surface area contributed by atoms with Gasteiger partial charge in [0.1, 0.15) is 0 Å². The Balaban J connectivity index is 1.47. The van der Waals surface area contributed by atoms with E-state index in [0.717, 1.165) is 27.4 Å². The minimum Gasteiger partial charge on any atom is -0.278 e. The van der Waals surface area contributed by atoms with E-state index < -0.39 is 0 Å². The molecule has 0 bridgehead atoms. The van der Waals surface area contributed by atoms with Crippen molar-refractivity contribution >= 4 is 64.9 Å². The summed E-state index contributed by atoms with van der Waals surface area (Å²) < 4.78 is 4.52. The maximum absolute atomic E-state index is 6.43. The number of hydrogen-bond acceptors (Lipinski definition) is 4. The van der Waals surface area contributed by atoms with Crippen LogP contribution in [0, 0.1) is 0 Å². The maximum Gasteiger partial charge on any atom is 0.239 e. The Labute approximate surface area is 197 Å². The Morgan fingerprint density at radius 1 is 0.606 bits per heavy atom. The average molecular weight is 463 g/mol. The topological polar surface area (TPSA) is 43.6 Å². The minimum atomic E-state index is 0.174. The van der Waals surface area contributed by atoms with Gasteiger partial charge in [-0.2, -0.15) is 15.0 Å². The van der Waals surface area contributed by atoms with E-state index in [9.17, 15) is 0 Å². The second kappa shape index (κ2) is 7.10. The number of aromatic nitrogens is 4. The molecule has 4 nitrogen and oxygen atoms in total. The third-order valence-electron chi connectivity index (χ3n) is 6.01. The number of para-hydroxylation sites is 2. The molecule has 0 aliphatic carbocycles. The first kappa shape index (κ1) is 18.7. The fourth-order valence-electron chi connectivity index (χ4n) is 4.57. The van der Waals surface area contributed by atoms with Crippen LogP contribution in [0.3, 0.4) is 0 Å². The van der Waals surface area contributed by atoms with Gasteiger partial charge in [-0.25, -0.2) is 0 Å². The van der Waals surface area contributed by atoms with Crippen LogP contribution in [0.5, 0.6) is 0 Å². The van der Waals surface area contributed by atoms with Gasteiger partial charge in [-0.1, -0.05) is 66.7 Å². The number of rotatable bonds is 2. The van der Waals surface area contributed by atoms with Crippen LogP contribution in [-0.2, 0) is 0 Å². The zero-order chi connectivity index (χ0) is 21.9. The Kier molecular flexibility index (Phi) is 4.03. The van der Waals surface area contributed by atoms with E-state index in [-0.39, 0.29) is 5.28 Å². The lowest BCUT2D eigenvalue weighted by molar-refractivity contribution is 0.947. The van der Waals surface area contributed by atoms with Gasteiger partial charge in [-0.15, -0.1) is 11.3 Å². The highest BCUT2D eigenvalue weighted by Crippen LogP contribution is 2.36. The van der Waals surface area contributed by atoms with Crippen LogP contribution in [0.15, 0.2) is 91.0 Å². The van der Waals surface area contributed by atoms with Gasteiger partial charge in [0, 0.05) is 36.5 Å². The molecule has 3 aromatic heterocycles. The smallest absolute Gasteiger partial charge is 0.239 e. The Morgan fingerprint density at radius 2 is 1.24 bits per heavy atom. The van der Waals surface area contributed by atoms with Crippen molar-refractivity contribution < 1.29 is 0 Å². The van der Waals surface area contributed by atoms with Gasteiger partial charge in [0.2, 0.25) is 11.2 Å². The van der Waals surface area contributed by atoms with Crippen LogP contribution in [0.2, 0.25) is 5.28 Å². The fourth-order valence-corrected chi connectivity index (χ4v) is 5.87. The van der Waals surface area contributed by atoms with E-state index >= 15 is 0 Å². The number of hydrogen-bond donors (Lipinski definition) is 0. The highest BCUT2D eigenvalue weighted by atomic mass is 35.5. The lowest BCUT2D eigenvalue weighted by atomic mass is 10.1. The normalized spacial score (nSPS) is 11.8. The molecule has 3 heterocycles. The summed E-state index contributed by atoms with van der Waals surface area (Å²) in [5.41, 5.74) is 2.99. The zero-order valence-electron chi connectivity index (χ0n) is 17.2. The summed E-state index contributed by atoms with van der Waals surface area (Å²) in [6, 6.07) is 31.3. The van der Waals surface area contributed by atoms with Gasteiger partial charge in [0.05, 0.1) is 11.0 Å². The number of nitrogens with zero attached hydrogens (tertiary/aromatic N) is 4. The van der Waals surface area contributed by atoms with Gasteiger partial charge < -0.3 is 0 Å². The second-order valence-corrected chi connectivity index (χ2v) is 9.33. The molecule has 0 N–H and O–H groups in total. The highest BCUT2D eigenvalue weighted by Gasteiger charge is 2.16. The quantitative estimate of drug-likeness (QED) is 0.265. The number of benzene rings is 4. The Bertz CT molecular complexity index is 1800. The minimum absolute atomic E-state index is 0.174. The summed E-state index contributed by atoms with van der Waals surface area (Å²) >= 11 is 8.20. The molecule has 0 spiro atoms. The van der Waals surface area contributed by atoms with E-state index in [4.69, 9.17) is 16.6 Å². The van der Waals surface area contributed by atoms with E-state index in [1.165, 1.54) is 20.2 Å². The predicted octanol–water partition coefficient (Wildman–Crippen LogP) is 7.66. The average Bonchev–Trinajstić information content (AvgIpc) is 3.39. The van der Waals surface area contributed by atoms with Gasteiger partial charge >= 0.3 is 0 Å². The van der Waals surface area contributed by atoms with Crippen LogP contribution in [0.1, 0.15) is 0 Å². The van der Waals surface area contributed by atoms with Crippen LogP contribution < -0.4 is 0 Å². The largest absolute Gasteiger partial charge is 0.278 e. The van der Waals surface area contributed by atoms with Gasteiger partial charge in [-0.05, 0) is 35.9 Å². The molecule has 0 aliphatic heterocycles. The summed E-state index contributed by atoms with van der Waals surface area (Å²) in [4.78, 5) is 13.8. The standard InChI is InChI=1S/C27H15ClN4S/c28-26-29-25(16-13-14-20-19-9-3-6-12-23(19)33-24(20)15-16)30-27(31-26)32-21-10-4-1-7-17(21)18-8-2-5-11-22(18)32/h1-15H. The van der Waals surface area contributed by atoms with Crippen molar-refractivity contribution in [2.45, 2.75) is 0 Å². The number of thiophene rings is 1. The summed E-state index contributed by atoms with van der Waals surface area (Å²) in [6.45, 7) is 0. The lowest BCUT2D eigenvalue weighted by Gasteiger charge is -2.08. The molecule has 0 unspecified atom stereocenters. The van der Waals surface area contributed by atoms with Crippen LogP contribution >= 0.6 is 22.9 Å². The molecular weight excluding hydrogens is 448 g/mol. The molecule has 0 saturated heterocycles. The molecular formula is C27H15ClN4S.